The molecular weight excluding hydrogens is 373 g/mol. The van der Waals surface area contributed by atoms with Gasteiger partial charge in [-0.3, -0.25) is 4.79 Å². The van der Waals surface area contributed by atoms with E-state index in [1.165, 1.54) is 31.4 Å². The monoisotopic (exact) mass is 388 g/mol. The first-order valence-corrected chi connectivity index (χ1v) is 8.71. The summed E-state index contributed by atoms with van der Waals surface area (Å²) in [4.78, 5) is 11.7. The second-order valence-corrected chi connectivity index (χ2v) is 6.89. The Labute approximate surface area is 148 Å². The number of methoxy groups -OCH3 is 1. The van der Waals surface area contributed by atoms with Crippen LogP contribution in [0.2, 0.25) is 0 Å². The minimum absolute atomic E-state index is 0.0550. The lowest BCUT2D eigenvalue weighted by Gasteiger charge is -2.10. The van der Waals surface area contributed by atoms with Crippen LogP contribution < -0.4 is 14.8 Å². The van der Waals surface area contributed by atoms with Crippen molar-refractivity contribution in [1.82, 2.24) is 4.72 Å². The molecule has 0 saturated carbocycles. The first-order valence-electron chi connectivity index (χ1n) is 7.22. The molecule has 0 aliphatic carbocycles. The lowest BCUT2D eigenvalue weighted by molar-refractivity contribution is -0.137. The highest BCUT2D eigenvalue weighted by Crippen LogP contribution is 2.29. The molecule has 2 aromatic carbocycles. The third-order valence-corrected chi connectivity index (χ3v) is 4.71. The maximum absolute atomic E-state index is 12.5. The third kappa shape index (κ3) is 5.20. The van der Waals surface area contributed by atoms with Crippen molar-refractivity contribution >= 4 is 21.6 Å². The van der Waals surface area contributed by atoms with Gasteiger partial charge in [0.25, 0.3) is 0 Å². The highest BCUT2D eigenvalue weighted by atomic mass is 32.2. The molecule has 0 atom stereocenters. The van der Waals surface area contributed by atoms with Gasteiger partial charge >= 0.3 is 6.18 Å². The molecule has 2 aromatic rings. The summed E-state index contributed by atoms with van der Waals surface area (Å²) in [6.07, 6.45) is -4.48. The number of carbonyl (C=O) groups is 1. The molecular formula is C16H15F3N2O4S. The van der Waals surface area contributed by atoms with Crippen LogP contribution >= 0.6 is 0 Å². The lowest BCUT2D eigenvalue weighted by Crippen LogP contribution is -2.32. The standard InChI is InChI=1S/C16H15F3N2O4S/c1-25-13-6-8-14(9-7-13)26(23,24)20-10-15(22)21-12-4-2-11(3-5-12)16(17,18)19/h2-9,20H,10H2,1H3,(H,21,22). The summed E-state index contributed by atoms with van der Waals surface area (Å²) in [5.74, 6) is -0.245. The van der Waals surface area contributed by atoms with Gasteiger partial charge in [-0.15, -0.1) is 0 Å². The van der Waals surface area contributed by atoms with Crippen LogP contribution in [0.1, 0.15) is 5.56 Å². The van der Waals surface area contributed by atoms with Gasteiger partial charge in [0.1, 0.15) is 5.75 Å². The maximum Gasteiger partial charge on any atom is 0.416 e. The molecule has 0 unspecified atom stereocenters. The van der Waals surface area contributed by atoms with Crippen LogP contribution in [0.15, 0.2) is 53.4 Å². The Morgan fingerprint density at radius 1 is 1.04 bits per heavy atom. The van der Waals surface area contributed by atoms with Crippen LogP contribution in [-0.2, 0) is 21.0 Å². The summed E-state index contributed by atoms with van der Waals surface area (Å²) in [5.41, 5.74) is -0.734. The van der Waals surface area contributed by atoms with Crippen molar-refractivity contribution in [2.24, 2.45) is 0 Å². The van der Waals surface area contributed by atoms with E-state index in [9.17, 15) is 26.4 Å². The van der Waals surface area contributed by atoms with Crippen LogP contribution in [0.4, 0.5) is 18.9 Å². The number of alkyl halides is 3. The molecule has 1 amide bonds. The number of hydrogen-bond donors (Lipinski definition) is 2. The molecule has 0 aromatic heterocycles. The average Bonchev–Trinajstić information content (AvgIpc) is 2.60. The van der Waals surface area contributed by atoms with E-state index in [4.69, 9.17) is 4.74 Å². The smallest absolute Gasteiger partial charge is 0.416 e. The Bertz CT molecular complexity index is 864. The van der Waals surface area contributed by atoms with E-state index in [1.54, 1.807) is 0 Å². The fourth-order valence-corrected chi connectivity index (χ4v) is 2.93. The van der Waals surface area contributed by atoms with Crippen molar-refractivity contribution in [3.05, 3.63) is 54.1 Å². The van der Waals surface area contributed by atoms with Gasteiger partial charge in [-0.1, -0.05) is 0 Å². The summed E-state index contributed by atoms with van der Waals surface area (Å²) in [5, 5.41) is 2.31. The molecule has 0 spiro atoms. The molecule has 140 valence electrons. The maximum atomic E-state index is 12.5. The second-order valence-electron chi connectivity index (χ2n) is 5.12. The van der Waals surface area contributed by atoms with Crippen molar-refractivity contribution in [2.75, 3.05) is 19.0 Å². The predicted octanol–water partition coefficient (Wildman–Crippen LogP) is 2.63. The van der Waals surface area contributed by atoms with Crippen molar-refractivity contribution in [1.29, 1.82) is 0 Å². The van der Waals surface area contributed by atoms with Gasteiger partial charge in [0.2, 0.25) is 15.9 Å². The third-order valence-electron chi connectivity index (χ3n) is 3.29. The molecule has 0 aliphatic heterocycles. The van der Waals surface area contributed by atoms with Gasteiger partial charge in [0.15, 0.2) is 0 Å². The second kappa shape index (κ2) is 7.75. The lowest BCUT2D eigenvalue weighted by atomic mass is 10.2. The van der Waals surface area contributed by atoms with Gasteiger partial charge in [0.05, 0.1) is 24.1 Å². The zero-order chi connectivity index (χ0) is 19.4. The van der Waals surface area contributed by atoms with Crippen molar-refractivity contribution in [3.63, 3.8) is 0 Å². The van der Waals surface area contributed by atoms with Crippen LogP contribution in [0.5, 0.6) is 5.75 Å². The van der Waals surface area contributed by atoms with E-state index in [2.05, 4.69) is 10.0 Å². The van der Waals surface area contributed by atoms with Gasteiger partial charge in [-0.05, 0) is 48.5 Å². The molecule has 0 saturated heterocycles. The minimum atomic E-state index is -4.48. The number of rotatable bonds is 6. The topological polar surface area (TPSA) is 84.5 Å². The number of benzene rings is 2. The molecule has 2 N–H and O–H groups in total. The summed E-state index contributed by atoms with van der Waals surface area (Å²) in [6, 6.07) is 9.34. The summed E-state index contributed by atoms with van der Waals surface area (Å²) >= 11 is 0. The largest absolute Gasteiger partial charge is 0.497 e. The Kier molecular flexibility index (Phi) is 5.88. The van der Waals surface area contributed by atoms with E-state index >= 15 is 0 Å². The average molecular weight is 388 g/mol. The van der Waals surface area contributed by atoms with Crippen LogP contribution in [0.25, 0.3) is 0 Å². The summed E-state index contributed by atoms with van der Waals surface area (Å²) in [7, 11) is -2.48. The van der Waals surface area contributed by atoms with Gasteiger partial charge in [0, 0.05) is 5.69 Å². The quantitative estimate of drug-likeness (QED) is 0.797. The van der Waals surface area contributed by atoms with E-state index in [1.807, 2.05) is 0 Å². The van der Waals surface area contributed by atoms with Crippen molar-refractivity contribution < 1.29 is 31.1 Å². The fourth-order valence-electron chi connectivity index (χ4n) is 1.95. The predicted molar refractivity (Wildman–Crippen MR) is 88.3 cm³/mol. The number of amides is 1. The number of sulfonamides is 1. The first-order chi connectivity index (χ1) is 12.1. The van der Waals surface area contributed by atoms with E-state index < -0.39 is 34.2 Å². The molecule has 26 heavy (non-hydrogen) atoms. The molecule has 0 aliphatic rings. The molecule has 2 rings (SSSR count). The van der Waals surface area contributed by atoms with E-state index in [0.717, 1.165) is 24.3 Å². The van der Waals surface area contributed by atoms with E-state index in [-0.39, 0.29) is 10.6 Å². The van der Waals surface area contributed by atoms with Gasteiger partial charge < -0.3 is 10.1 Å². The molecule has 0 fully saturated rings. The summed E-state index contributed by atoms with van der Waals surface area (Å²) < 4.78 is 68.6. The zero-order valence-corrected chi connectivity index (χ0v) is 14.3. The highest BCUT2D eigenvalue weighted by molar-refractivity contribution is 7.89. The normalized spacial score (nSPS) is 11.8. The fraction of sp³-hybridized carbons (Fsp3) is 0.188. The molecule has 0 radical (unpaired) electrons. The van der Waals surface area contributed by atoms with Crippen molar-refractivity contribution in [3.8, 4) is 5.75 Å². The van der Waals surface area contributed by atoms with E-state index in [0.29, 0.717) is 5.75 Å². The number of nitrogens with one attached hydrogen (secondary N) is 2. The number of halogens is 3. The van der Waals surface area contributed by atoms with Gasteiger partial charge in [-0.2, -0.15) is 13.2 Å². The number of ether oxygens (including phenoxy) is 1. The van der Waals surface area contributed by atoms with Crippen LogP contribution in [0, 0.1) is 0 Å². The Hall–Kier alpha value is -2.59. The minimum Gasteiger partial charge on any atom is -0.497 e. The molecule has 10 heteroatoms. The number of carbonyl (C=O) groups excluding carboxylic acids is 1. The van der Waals surface area contributed by atoms with Crippen LogP contribution in [0.3, 0.4) is 0 Å². The van der Waals surface area contributed by atoms with Crippen LogP contribution in [-0.4, -0.2) is 28.0 Å². The first kappa shape index (κ1) is 19.7. The SMILES string of the molecule is COc1ccc(S(=O)(=O)NCC(=O)Nc2ccc(C(F)(F)F)cc2)cc1. The van der Waals surface area contributed by atoms with Crippen molar-refractivity contribution in [2.45, 2.75) is 11.1 Å². The number of hydrogen-bond acceptors (Lipinski definition) is 4. The zero-order valence-electron chi connectivity index (χ0n) is 13.5. The Morgan fingerprint density at radius 3 is 2.12 bits per heavy atom. The molecule has 0 bridgehead atoms. The molecule has 6 nitrogen and oxygen atoms in total. The van der Waals surface area contributed by atoms with Gasteiger partial charge in [-0.25, -0.2) is 13.1 Å². The Balaban J connectivity index is 1.95. The number of anilines is 1. The highest BCUT2D eigenvalue weighted by Gasteiger charge is 2.30. The summed E-state index contributed by atoms with van der Waals surface area (Å²) in [6.45, 7) is -0.574. The molecule has 0 heterocycles. The Morgan fingerprint density at radius 2 is 1.62 bits per heavy atom.